The number of furan rings is 1. The molecule has 0 radical (unpaired) electrons. The number of nitrogens with zero attached hydrogens (tertiary/aromatic N) is 3. The van der Waals surface area contributed by atoms with Crippen molar-refractivity contribution < 1.29 is 18.7 Å². The third-order valence-electron chi connectivity index (χ3n) is 5.83. The molecule has 2 aliphatic heterocycles. The quantitative estimate of drug-likeness (QED) is 0.683. The van der Waals surface area contributed by atoms with Crippen LogP contribution in [0, 0.1) is 6.92 Å². The fraction of sp³-hybridized carbons (Fsp3) is 0.364. The van der Waals surface area contributed by atoms with Crippen LogP contribution < -0.4 is 4.74 Å². The highest BCUT2D eigenvalue weighted by Crippen LogP contribution is 2.36. The fourth-order valence-electron chi connectivity index (χ4n) is 4.22. The van der Waals surface area contributed by atoms with Gasteiger partial charge in [0.25, 0.3) is 5.91 Å². The van der Waals surface area contributed by atoms with Crippen molar-refractivity contribution in [1.82, 2.24) is 14.5 Å². The first-order valence-electron chi connectivity index (χ1n) is 9.75. The Kier molecular flexibility index (Phi) is 4.20. The highest BCUT2D eigenvalue weighted by molar-refractivity contribution is 5.91. The van der Waals surface area contributed by atoms with Gasteiger partial charge in [-0.15, -0.1) is 0 Å². The molecule has 29 heavy (non-hydrogen) atoms. The van der Waals surface area contributed by atoms with E-state index in [0.717, 1.165) is 35.0 Å². The Bertz CT molecular complexity index is 1050. The molecule has 2 aliphatic rings. The summed E-state index contributed by atoms with van der Waals surface area (Å²) >= 11 is 0. The van der Waals surface area contributed by atoms with Crippen molar-refractivity contribution in [3.05, 3.63) is 59.9 Å². The first-order chi connectivity index (χ1) is 14.1. The van der Waals surface area contributed by atoms with Crippen LogP contribution in [0.25, 0.3) is 11.3 Å². The van der Waals surface area contributed by atoms with Gasteiger partial charge in [0.15, 0.2) is 5.76 Å². The van der Waals surface area contributed by atoms with E-state index in [0.29, 0.717) is 32.0 Å². The zero-order chi connectivity index (χ0) is 20.0. The maximum Gasteiger partial charge on any atom is 0.289 e. The number of fused-ring (bicyclic) bond motifs is 1. The zero-order valence-corrected chi connectivity index (χ0v) is 16.6. The third kappa shape index (κ3) is 3.11. The highest BCUT2D eigenvalue weighted by atomic mass is 16.5. The molecule has 1 aromatic carbocycles. The monoisotopic (exact) mass is 393 g/mol. The Hall–Kier alpha value is -3.06. The lowest BCUT2D eigenvalue weighted by atomic mass is 10.0. The molecule has 0 unspecified atom stereocenters. The number of amides is 1. The molecule has 1 fully saturated rings. The van der Waals surface area contributed by atoms with Crippen LogP contribution in [-0.4, -0.2) is 46.2 Å². The molecule has 1 amide bonds. The number of likely N-dealkylation sites (tertiary alicyclic amines) is 1. The minimum Gasteiger partial charge on any atom is -0.497 e. The number of benzene rings is 1. The molecule has 7 heteroatoms. The standard InChI is InChI=1S/C22H23N3O4/c1-15-3-8-19(29-15)21(26)24-10-9-22(13-24)14-25-18(11-23-20(25)12-28-22)16-4-6-17(27-2)7-5-16/h3-8,11H,9-10,12-14H2,1-2H3/t22-/m1/s1. The van der Waals surface area contributed by atoms with Gasteiger partial charge in [-0.1, -0.05) is 0 Å². The molecule has 1 atom stereocenters. The van der Waals surface area contributed by atoms with Crippen LogP contribution >= 0.6 is 0 Å². The molecular weight excluding hydrogens is 370 g/mol. The summed E-state index contributed by atoms with van der Waals surface area (Å²) < 4.78 is 19.2. The van der Waals surface area contributed by atoms with E-state index in [-0.39, 0.29) is 5.91 Å². The topological polar surface area (TPSA) is 69.7 Å². The van der Waals surface area contributed by atoms with E-state index in [1.165, 1.54) is 0 Å². The molecule has 150 valence electrons. The van der Waals surface area contributed by atoms with Crippen LogP contribution in [0.1, 0.15) is 28.6 Å². The minimum atomic E-state index is -0.397. The Labute approximate surface area is 168 Å². The molecule has 5 rings (SSSR count). The van der Waals surface area contributed by atoms with E-state index in [2.05, 4.69) is 9.55 Å². The first kappa shape index (κ1) is 18.0. The SMILES string of the molecule is COc1ccc(-c2cnc3n2C[C@]2(CCN(C(=O)c4ccc(C)o4)C2)OC3)cc1. The Balaban J connectivity index is 1.38. The molecule has 1 spiro atoms. The van der Waals surface area contributed by atoms with Crippen molar-refractivity contribution in [1.29, 1.82) is 0 Å². The van der Waals surface area contributed by atoms with Gasteiger partial charge in [0.1, 0.15) is 29.5 Å². The molecule has 0 saturated carbocycles. The molecule has 2 aromatic heterocycles. The van der Waals surface area contributed by atoms with E-state index in [4.69, 9.17) is 13.9 Å². The predicted octanol–water partition coefficient (Wildman–Crippen LogP) is 3.28. The van der Waals surface area contributed by atoms with Crippen molar-refractivity contribution in [2.75, 3.05) is 20.2 Å². The number of imidazole rings is 1. The van der Waals surface area contributed by atoms with Crippen LogP contribution in [-0.2, 0) is 17.9 Å². The summed E-state index contributed by atoms with van der Waals surface area (Å²) in [6.07, 6.45) is 2.68. The second kappa shape index (κ2) is 6.77. The molecule has 3 aromatic rings. The van der Waals surface area contributed by atoms with Gasteiger partial charge >= 0.3 is 0 Å². The van der Waals surface area contributed by atoms with E-state index in [1.54, 1.807) is 13.2 Å². The second-order valence-corrected chi connectivity index (χ2v) is 7.73. The number of aromatic nitrogens is 2. The van der Waals surface area contributed by atoms with E-state index in [1.807, 2.05) is 48.4 Å². The second-order valence-electron chi connectivity index (χ2n) is 7.73. The number of hydrogen-bond donors (Lipinski definition) is 0. The highest BCUT2D eigenvalue weighted by Gasteiger charge is 2.45. The van der Waals surface area contributed by atoms with Gasteiger partial charge in [0.05, 0.1) is 32.1 Å². The van der Waals surface area contributed by atoms with Crippen molar-refractivity contribution in [3.63, 3.8) is 0 Å². The van der Waals surface area contributed by atoms with Crippen LogP contribution in [0.3, 0.4) is 0 Å². The average Bonchev–Trinajstić information content (AvgIpc) is 3.46. The largest absolute Gasteiger partial charge is 0.497 e. The van der Waals surface area contributed by atoms with Crippen LogP contribution in [0.15, 0.2) is 47.0 Å². The summed E-state index contributed by atoms with van der Waals surface area (Å²) in [7, 11) is 1.66. The minimum absolute atomic E-state index is 0.0784. The average molecular weight is 393 g/mol. The lowest BCUT2D eigenvalue weighted by molar-refractivity contribution is -0.0805. The van der Waals surface area contributed by atoms with Gasteiger partial charge in [-0.05, 0) is 49.7 Å². The lowest BCUT2D eigenvalue weighted by Gasteiger charge is -2.35. The summed E-state index contributed by atoms with van der Waals surface area (Å²) in [6, 6.07) is 11.5. The van der Waals surface area contributed by atoms with Crippen molar-refractivity contribution in [2.45, 2.75) is 32.1 Å². The fourth-order valence-corrected chi connectivity index (χ4v) is 4.22. The van der Waals surface area contributed by atoms with Gasteiger partial charge in [0.2, 0.25) is 0 Å². The van der Waals surface area contributed by atoms with Crippen molar-refractivity contribution in [3.8, 4) is 17.0 Å². The van der Waals surface area contributed by atoms with Gasteiger partial charge < -0.3 is 23.4 Å². The van der Waals surface area contributed by atoms with Gasteiger partial charge in [-0.3, -0.25) is 4.79 Å². The van der Waals surface area contributed by atoms with Crippen LogP contribution in [0.2, 0.25) is 0 Å². The number of ether oxygens (including phenoxy) is 2. The molecular formula is C22H23N3O4. The maximum absolute atomic E-state index is 12.8. The number of carbonyl (C=O) groups excluding carboxylic acids is 1. The Morgan fingerprint density at radius 1 is 1.17 bits per heavy atom. The normalized spacial score (nSPS) is 20.8. The smallest absolute Gasteiger partial charge is 0.289 e. The van der Waals surface area contributed by atoms with Gasteiger partial charge in [0, 0.05) is 12.1 Å². The number of rotatable bonds is 3. The summed E-state index contributed by atoms with van der Waals surface area (Å²) in [5, 5.41) is 0. The third-order valence-corrected chi connectivity index (χ3v) is 5.83. The number of aryl methyl sites for hydroxylation is 1. The number of methoxy groups -OCH3 is 1. The first-order valence-corrected chi connectivity index (χ1v) is 9.75. The van der Waals surface area contributed by atoms with E-state index in [9.17, 15) is 4.79 Å². The summed E-state index contributed by atoms with van der Waals surface area (Å²) in [5.41, 5.74) is 1.74. The summed E-state index contributed by atoms with van der Waals surface area (Å²) in [5.74, 6) is 2.78. The summed E-state index contributed by atoms with van der Waals surface area (Å²) in [6.45, 7) is 4.15. The maximum atomic E-state index is 12.8. The van der Waals surface area contributed by atoms with Crippen molar-refractivity contribution in [2.24, 2.45) is 0 Å². The summed E-state index contributed by atoms with van der Waals surface area (Å²) in [4.78, 5) is 19.1. The molecule has 4 heterocycles. The molecule has 1 saturated heterocycles. The predicted molar refractivity (Wildman–Crippen MR) is 106 cm³/mol. The van der Waals surface area contributed by atoms with Crippen LogP contribution in [0.4, 0.5) is 0 Å². The number of hydrogen-bond acceptors (Lipinski definition) is 5. The van der Waals surface area contributed by atoms with E-state index >= 15 is 0 Å². The van der Waals surface area contributed by atoms with Gasteiger partial charge in [-0.2, -0.15) is 0 Å². The Morgan fingerprint density at radius 3 is 2.72 bits per heavy atom. The lowest BCUT2D eigenvalue weighted by Crippen LogP contribution is -2.45. The van der Waals surface area contributed by atoms with E-state index < -0.39 is 5.60 Å². The molecule has 0 bridgehead atoms. The van der Waals surface area contributed by atoms with Crippen LogP contribution in [0.5, 0.6) is 5.75 Å². The molecule has 7 nitrogen and oxygen atoms in total. The van der Waals surface area contributed by atoms with Gasteiger partial charge in [-0.25, -0.2) is 4.98 Å². The molecule has 0 N–H and O–H groups in total. The van der Waals surface area contributed by atoms with Crippen molar-refractivity contribution >= 4 is 5.91 Å². The number of carbonyl (C=O) groups is 1. The zero-order valence-electron chi connectivity index (χ0n) is 16.6. The Morgan fingerprint density at radius 2 is 2.00 bits per heavy atom. The molecule has 0 aliphatic carbocycles.